The summed E-state index contributed by atoms with van der Waals surface area (Å²) in [4.78, 5) is 9.51. The summed E-state index contributed by atoms with van der Waals surface area (Å²) < 4.78 is 36.3. The lowest BCUT2D eigenvalue weighted by molar-refractivity contribution is 0.140. The second-order valence-corrected chi connectivity index (χ2v) is 12.7. The van der Waals surface area contributed by atoms with Crippen LogP contribution in [0.15, 0.2) is 24.4 Å². The number of hydrogen-bond acceptors (Lipinski definition) is 9. The first-order chi connectivity index (χ1) is 17.9. The molecular formula is C25H38N8O3S. The molecule has 0 saturated carbocycles. The first-order valence-corrected chi connectivity index (χ1v) is 14.9. The molecule has 4 unspecified atom stereocenters. The summed E-state index contributed by atoms with van der Waals surface area (Å²) in [5, 5.41) is 8.14. The molecule has 0 amide bonds. The van der Waals surface area contributed by atoms with E-state index in [1.54, 1.807) is 17.6 Å². The zero-order chi connectivity index (χ0) is 25.6. The van der Waals surface area contributed by atoms with Crippen molar-refractivity contribution in [2.24, 2.45) is 0 Å². The van der Waals surface area contributed by atoms with Crippen molar-refractivity contribution in [1.29, 1.82) is 0 Å². The van der Waals surface area contributed by atoms with Gasteiger partial charge in [0.1, 0.15) is 11.6 Å². The van der Waals surface area contributed by atoms with Gasteiger partial charge >= 0.3 is 0 Å². The molecule has 202 valence electrons. The van der Waals surface area contributed by atoms with E-state index in [4.69, 9.17) is 9.72 Å². The number of methoxy groups -OCH3 is 1. The van der Waals surface area contributed by atoms with E-state index in [-0.39, 0.29) is 30.3 Å². The van der Waals surface area contributed by atoms with Crippen LogP contribution in [0.5, 0.6) is 0 Å². The molecule has 4 aliphatic heterocycles. The second kappa shape index (κ2) is 10.2. The lowest BCUT2D eigenvalue weighted by Crippen LogP contribution is -2.55. The van der Waals surface area contributed by atoms with Crippen LogP contribution >= 0.6 is 0 Å². The van der Waals surface area contributed by atoms with Crippen molar-refractivity contribution in [3.63, 3.8) is 0 Å². The van der Waals surface area contributed by atoms with Crippen LogP contribution in [0, 0.1) is 0 Å². The molecule has 4 saturated heterocycles. The summed E-state index contributed by atoms with van der Waals surface area (Å²) in [6.45, 7) is 3.18. The molecule has 6 atom stereocenters. The van der Waals surface area contributed by atoms with E-state index in [9.17, 15) is 8.42 Å². The first-order valence-electron chi connectivity index (χ1n) is 13.5. The van der Waals surface area contributed by atoms with Gasteiger partial charge < -0.3 is 15.4 Å². The Kier molecular flexibility index (Phi) is 6.97. The molecular weight excluding hydrogens is 492 g/mol. The number of ether oxygens (including phenoxy) is 1. The van der Waals surface area contributed by atoms with Crippen molar-refractivity contribution in [2.75, 3.05) is 30.9 Å². The minimum Gasteiger partial charge on any atom is -0.383 e. The number of nitrogens with zero attached hydrogens (tertiary/aromatic N) is 4. The van der Waals surface area contributed by atoms with Crippen LogP contribution in [0.2, 0.25) is 0 Å². The van der Waals surface area contributed by atoms with Crippen LogP contribution in [0.4, 0.5) is 11.6 Å². The van der Waals surface area contributed by atoms with Crippen molar-refractivity contribution in [1.82, 2.24) is 29.4 Å². The molecule has 0 aromatic carbocycles. The Balaban J connectivity index is 1.20. The molecule has 4 N–H and O–H groups in total. The Morgan fingerprint density at radius 1 is 1.14 bits per heavy atom. The molecule has 0 radical (unpaired) electrons. The molecule has 0 spiro atoms. The fourth-order valence-corrected chi connectivity index (χ4v) is 8.94. The fourth-order valence-electron chi connectivity index (χ4n) is 6.66. The van der Waals surface area contributed by atoms with E-state index in [1.807, 2.05) is 22.5 Å². The highest BCUT2D eigenvalue weighted by Gasteiger charge is 2.50. The summed E-state index contributed by atoms with van der Waals surface area (Å²) in [5.74, 6) is 1.57. The summed E-state index contributed by atoms with van der Waals surface area (Å²) in [6.07, 6.45) is 7.94. The molecule has 2 aromatic rings. The number of hydrogen-bond donors (Lipinski definition) is 4. The molecule has 11 nitrogen and oxygen atoms in total. The van der Waals surface area contributed by atoms with E-state index in [0.717, 1.165) is 67.5 Å². The number of piperidine rings is 1. The number of fused-ring (bicyclic) bond motifs is 3. The van der Waals surface area contributed by atoms with Gasteiger partial charge in [0.2, 0.25) is 0 Å². The van der Waals surface area contributed by atoms with Crippen molar-refractivity contribution in [3.05, 3.63) is 24.4 Å². The molecule has 2 aromatic heterocycles. The second-order valence-electron chi connectivity index (χ2n) is 10.9. The Hall–Kier alpha value is -2.09. The highest BCUT2D eigenvalue weighted by molar-refractivity contribution is 7.86. The van der Waals surface area contributed by atoms with Crippen LogP contribution < -0.4 is 21.5 Å². The van der Waals surface area contributed by atoms with E-state index in [2.05, 4.69) is 33.4 Å². The smallest absolute Gasteiger partial charge is 0.282 e. The Bertz CT molecular complexity index is 1220. The monoisotopic (exact) mass is 530 g/mol. The van der Waals surface area contributed by atoms with Crippen molar-refractivity contribution in [3.8, 4) is 0 Å². The highest BCUT2D eigenvalue weighted by atomic mass is 32.2. The lowest BCUT2D eigenvalue weighted by Gasteiger charge is -2.41. The third-order valence-electron chi connectivity index (χ3n) is 8.27. The molecule has 37 heavy (non-hydrogen) atoms. The summed E-state index contributed by atoms with van der Waals surface area (Å²) in [7, 11) is -1.87. The maximum atomic E-state index is 13.7. The van der Waals surface area contributed by atoms with Crippen LogP contribution in [0.1, 0.15) is 51.9 Å². The average Bonchev–Trinajstić information content (AvgIpc) is 3.58. The zero-order valence-electron chi connectivity index (χ0n) is 21.6. The first kappa shape index (κ1) is 25.2. The Labute approximate surface area is 218 Å². The summed E-state index contributed by atoms with van der Waals surface area (Å²) in [6, 6.07) is 6.43. The van der Waals surface area contributed by atoms with Crippen LogP contribution in [0.25, 0.3) is 10.9 Å². The van der Waals surface area contributed by atoms with E-state index < -0.39 is 10.2 Å². The van der Waals surface area contributed by atoms with Gasteiger partial charge in [-0.15, -0.1) is 0 Å². The summed E-state index contributed by atoms with van der Waals surface area (Å²) >= 11 is 0. The molecule has 2 bridgehead atoms. The third-order valence-corrected chi connectivity index (χ3v) is 10.5. The van der Waals surface area contributed by atoms with Gasteiger partial charge in [-0.05, 0) is 64.0 Å². The van der Waals surface area contributed by atoms with Gasteiger partial charge in [0.15, 0.2) is 0 Å². The molecule has 4 fully saturated rings. The molecule has 6 rings (SSSR count). The number of hydrazine groups is 1. The summed E-state index contributed by atoms with van der Waals surface area (Å²) in [5.41, 5.74) is 7.37. The van der Waals surface area contributed by atoms with E-state index in [1.165, 1.54) is 0 Å². The largest absolute Gasteiger partial charge is 0.383 e. The fraction of sp³-hybridized carbons (Fsp3) is 0.680. The highest BCUT2D eigenvalue weighted by Crippen LogP contribution is 2.41. The van der Waals surface area contributed by atoms with E-state index >= 15 is 0 Å². The van der Waals surface area contributed by atoms with Crippen LogP contribution in [-0.4, -0.2) is 83.6 Å². The van der Waals surface area contributed by atoms with Gasteiger partial charge in [0.05, 0.1) is 18.3 Å². The van der Waals surface area contributed by atoms with Gasteiger partial charge in [-0.1, -0.05) is 0 Å². The van der Waals surface area contributed by atoms with Gasteiger partial charge in [0, 0.05) is 61.5 Å². The van der Waals surface area contributed by atoms with Crippen LogP contribution in [0.3, 0.4) is 0 Å². The number of nitrogens with one attached hydrogen (secondary N) is 4. The minimum absolute atomic E-state index is 0.00555. The quantitative estimate of drug-likeness (QED) is 0.406. The van der Waals surface area contributed by atoms with Crippen LogP contribution in [-0.2, 0) is 14.9 Å². The average molecular weight is 531 g/mol. The molecule has 6 heterocycles. The van der Waals surface area contributed by atoms with Crippen molar-refractivity contribution >= 4 is 32.7 Å². The molecule has 0 aliphatic carbocycles. The Morgan fingerprint density at radius 2 is 1.95 bits per heavy atom. The van der Waals surface area contributed by atoms with E-state index in [0.29, 0.717) is 19.2 Å². The maximum absolute atomic E-state index is 13.7. The normalized spacial score (nSPS) is 32.8. The van der Waals surface area contributed by atoms with Gasteiger partial charge in [0.25, 0.3) is 10.2 Å². The predicted molar refractivity (Wildman–Crippen MR) is 143 cm³/mol. The predicted octanol–water partition coefficient (Wildman–Crippen LogP) is 2.02. The maximum Gasteiger partial charge on any atom is 0.282 e. The van der Waals surface area contributed by atoms with Gasteiger partial charge in [-0.25, -0.2) is 10.4 Å². The number of rotatable bonds is 8. The van der Waals surface area contributed by atoms with Gasteiger partial charge in [-0.3, -0.25) is 10.4 Å². The van der Waals surface area contributed by atoms with Gasteiger partial charge in [-0.2, -0.15) is 17.0 Å². The number of aromatic nitrogens is 2. The topological polar surface area (TPSA) is 124 Å². The zero-order valence-corrected chi connectivity index (χ0v) is 22.4. The lowest BCUT2D eigenvalue weighted by atomic mass is 9.99. The standard InChI is InChI=1S/C25H38N8O3S/c1-16-11-24(31-30-16)28-23-14-22-21(6-3-9-26-22)25(29-23)27-17-12-18-7-8-19(13-17)33(18)37(34,35)32-10-4-5-20(32)15-36-2/h3,6,9,14,16-20,24,30-31H,4-5,7-8,10-13,15H2,1-2H3,(H2,27,28,29)/t16?,17?,18-,19+,20?,24?. The SMILES string of the molecule is COCC1CCCN1S(=O)(=O)N1[C@@H]2CC[C@H]1CC(Nc1nc(NC3CC(C)NN3)cc3ncccc13)C2. The number of anilines is 2. The number of pyridine rings is 2. The van der Waals surface area contributed by atoms with Crippen molar-refractivity contribution < 1.29 is 13.2 Å². The molecule has 4 aliphatic rings. The Morgan fingerprint density at radius 3 is 2.68 bits per heavy atom. The third kappa shape index (κ3) is 4.90. The van der Waals surface area contributed by atoms with Crippen molar-refractivity contribution in [2.45, 2.75) is 88.2 Å². The molecule has 12 heteroatoms. The minimum atomic E-state index is -3.51.